The van der Waals surface area contributed by atoms with Gasteiger partial charge in [0.15, 0.2) is 0 Å². The number of H-pyrrole nitrogens is 1. The van der Waals surface area contributed by atoms with E-state index in [2.05, 4.69) is 46.2 Å². The van der Waals surface area contributed by atoms with Gasteiger partial charge in [0.1, 0.15) is 11.1 Å². The summed E-state index contributed by atoms with van der Waals surface area (Å²) in [5.74, 6) is 1.20. The van der Waals surface area contributed by atoms with Gasteiger partial charge >= 0.3 is 0 Å². The number of ether oxygens (including phenoxy) is 1. The molecule has 4 rings (SSSR count). The largest absolute Gasteiger partial charge is 0.495 e. The summed E-state index contributed by atoms with van der Waals surface area (Å²) in [4.78, 5) is 21.5. The van der Waals surface area contributed by atoms with Crippen LogP contribution in [-0.2, 0) is 0 Å². The summed E-state index contributed by atoms with van der Waals surface area (Å²) in [6.45, 7) is 2.31. The van der Waals surface area contributed by atoms with E-state index in [1.54, 1.807) is 7.11 Å². The van der Waals surface area contributed by atoms with E-state index in [0.717, 1.165) is 24.2 Å². The molecule has 0 amide bonds. The third kappa shape index (κ3) is 2.99. The SMILES string of the molecule is COc1c(-c2ccc(C3CCN(C)CC3)cc2)ccc2nc[nH]c(=O)c12. The van der Waals surface area contributed by atoms with Crippen LogP contribution in [0.15, 0.2) is 47.5 Å². The number of benzene rings is 2. The molecule has 0 aliphatic carbocycles. The first-order valence-corrected chi connectivity index (χ1v) is 9.00. The molecular weight excluding hydrogens is 326 g/mol. The van der Waals surface area contributed by atoms with Crippen LogP contribution in [0.25, 0.3) is 22.0 Å². The van der Waals surface area contributed by atoms with Crippen LogP contribution in [0.3, 0.4) is 0 Å². The third-order valence-electron chi connectivity index (χ3n) is 5.38. The van der Waals surface area contributed by atoms with Crippen molar-refractivity contribution >= 4 is 10.9 Å². The maximum absolute atomic E-state index is 12.2. The lowest BCUT2D eigenvalue weighted by molar-refractivity contribution is 0.255. The molecule has 5 heteroatoms. The van der Waals surface area contributed by atoms with Gasteiger partial charge in [-0.05, 0) is 62.2 Å². The molecule has 2 heterocycles. The van der Waals surface area contributed by atoms with Crippen molar-refractivity contribution in [1.29, 1.82) is 0 Å². The quantitative estimate of drug-likeness (QED) is 0.787. The van der Waals surface area contributed by atoms with Gasteiger partial charge in [-0.15, -0.1) is 0 Å². The van der Waals surface area contributed by atoms with Crippen molar-refractivity contribution in [2.24, 2.45) is 0 Å². The molecule has 1 saturated heterocycles. The number of hydrogen-bond acceptors (Lipinski definition) is 4. The molecule has 1 aromatic heterocycles. The molecule has 0 bridgehead atoms. The molecule has 1 N–H and O–H groups in total. The minimum absolute atomic E-state index is 0.184. The maximum atomic E-state index is 12.2. The Kier molecular flexibility index (Phi) is 4.47. The van der Waals surface area contributed by atoms with Gasteiger partial charge in [-0.2, -0.15) is 0 Å². The molecule has 5 nitrogen and oxygen atoms in total. The topological polar surface area (TPSA) is 58.2 Å². The lowest BCUT2D eigenvalue weighted by Gasteiger charge is -2.29. The normalized spacial score (nSPS) is 16.1. The highest BCUT2D eigenvalue weighted by molar-refractivity contribution is 5.92. The average Bonchev–Trinajstić information content (AvgIpc) is 2.68. The first kappa shape index (κ1) is 16.8. The molecule has 0 unspecified atom stereocenters. The number of rotatable bonds is 3. The molecule has 3 aromatic rings. The zero-order chi connectivity index (χ0) is 18.1. The van der Waals surface area contributed by atoms with Crippen LogP contribution in [-0.4, -0.2) is 42.1 Å². The van der Waals surface area contributed by atoms with Crippen molar-refractivity contribution in [2.45, 2.75) is 18.8 Å². The Morgan fingerprint density at radius 2 is 1.85 bits per heavy atom. The predicted molar refractivity (Wildman–Crippen MR) is 104 cm³/mol. The van der Waals surface area contributed by atoms with E-state index in [1.807, 2.05) is 12.1 Å². The average molecular weight is 349 g/mol. The molecule has 1 aliphatic rings. The standard InChI is InChI=1S/C21H23N3O2/c1-24-11-9-15(10-12-24)14-3-5-16(6-4-14)17-7-8-18-19(20(17)26-2)21(25)23-13-22-18/h3-8,13,15H,9-12H2,1-2H3,(H,22,23,25). The van der Waals surface area contributed by atoms with E-state index in [4.69, 9.17) is 4.74 Å². The summed E-state index contributed by atoms with van der Waals surface area (Å²) in [6, 6.07) is 12.5. The van der Waals surface area contributed by atoms with Crippen LogP contribution in [0.1, 0.15) is 24.3 Å². The summed E-state index contributed by atoms with van der Waals surface area (Å²) in [6.07, 6.45) is 3.83. The Morgan fingerprint density at radius 3 is 2.54 bits per heavy atom. The van der Waals surface area contributed by atoms with Crippen molar-refractivity contribution in [3.63, 3.8) is 0 Å². The van der Waals surface area contributed by atoms with E-state index < -0.39 is 0 Å². The molecule has 0 saturated carbocycles. The van der Waals surface area contributed by atoms with Crippen molar-refractivity contribution in [3.05, 3.63) is 58.6 Å². The van der Waals surface area contributed by atoms with E-state index in [9.17, 15) is 4.79 Å². The van der Waals surface area contributed by atoms with Gasteiger partial charge in [-0.3, -0.25) is 4.79 Å². The summed E-state index contributed by atoms with van der Waals surface area (Å²) < 4.78 is 5.59. The van der Waals surface area contributed by atoms with Gasteiger partial charge in [0, 0.05) is 5.56 Å². The Balaban J connectivity index is 1.72. The second-order valence-corrected chi connectivity index (χ2v) is 6.97. The number of likely N-dealkylation sites (tertiary alicyclic amines) is 1. The summed E-state index contributed by atoms with van der Waals surface area (Å²) in [7, 11) is 3.78. The second-order valence-electron chi connectivity index (χ2n) is 6.97. The lowest BCUT2D eigenvalue weighted by atomic mass is 9.88. The van der Waals surface area contributed by atoms with Crippen molar-refractivity contribution in [1.82, 2.24) is 14.9 Å². The first-order chi connectivity index (χ1) is 12.7. The highest BCUT2D eigenvalue weighted by atomic mass is 16.5. The summed E-state index contributed by atoms with van der Waals surface area (Å²) in [5.41, 5.74) is 3.80. The zero-order valence-corrected chi connectivity index (χ0v) is 15.2. The molecular formula is C21H23N3O2. The number of nitrogens with zero attached hydrogens (tertiary/aromatic N) is 2. The number of nitrogens with one attached hydrogen (secondary N) is 1. The van der Waals surface area contributed by atoms with Gasteiger partial charge in [0.05, 0.1) is 19.0 Å². The number of aromatic amines is 1. The van der Waals surface area contributed by atoms with Crippen molar-refractivity contribution in [3.8, 4) is 16.9 Å². The lowest BCUT2D eigenvalue weighted by Crippen LogP contribution is -2.29. The summed E-state index contributed by atoms with van der Waals surface area (Å²) >= 11 is 0. The van der Waals surface area contributed by atoms with E-state index in [1.165, 1.54) is 24.7 Å². The Morgan fingerprint density at radius 1 is 1.12 bits per heavy atom. The molecule has 0 radical (unpaired) electrons. The minimum atomic E-state index is -0.184. The van der Waals surface area contributed by atoms with Gasteiger partial charge in [0.25, 0.3) is 5.56 Å². The summed E-state index contributed by atoms with van der Waals surface area (Å²) in [5, 5.41) is 0.492. The highest BCUT2D eigenvalue weighted by Crippen LogP contribution is 2.36. The first-order valence-electron chi connectivity index (χ1n) is 9.00. The van der Waals surface area contributed by atoms with Crippen LogP contribution in [0.5, 0.6) is 5.75 Å². The van der Waals surface area contributed by atoms with Crippen LogP contribution in [0, 0.1) is 0 Å². The number of hydrogen-bond donors (Lipinski definition) is 1. The maximum Gasteiger partial charge on any atom is 0.262 e. The van der Waals surface area contributed by atoms with Gasteiger partial charge in [0.2, 0.25) is 0 Å². The fourth-order valence-corrected chi connectivity index (χ4v) is 3.85. The molecule has 2 aromatic carbocycles. The van der Waals surface area contributed by atoms with E-state index >= 15 is 0 Å². The van der Waals surface area contributed by atoms with Crippen molar-refractivity contribution in [2.75, 3.05) is 27.2 Å². The molecule has 0 spiro atoms. The Labute approximate surface area is 152 Å². The second kappa shape index (κ2) is 6.92. The number of fused-ring (bicyclic) bond motifs is 1. The number of piperidine rings is 1. The minimum Gasteiger partial charge on any atom is -0.495 e. The van der Waals surface area contributed by atoms with Crippen LogP contribution in [0.4, 0.5) is 0 Å². The molecule has 1 aliphatic heterocycles. The predicted octanol–water partition coefficient (Wildman–Crippen LogP) is 3.41. The van der Waals surface area contributed by atoms with Gasteiger partial charge < -0.3 is 14.6 Å². The van der Waals surface area contributed by atoms with Crippen LogP contribution >= 0.6 is 0 Å². The van der Waals surface area contributed by atoms with E-state index in [-0.39, 0.29) is 5.56 Å². The molecule has 26 heavy (non-hydrogen) atoms. The Hall–Kier alpha value is -2.66. The van der Waals surface area contributed by atoms with Crippen LogP contribution < -0.4 is 10.3 Å². The third-order valence-corrected chi connectivity index (χ3v) is 5.38. The van der Waals surface area contributed by atoms with E-state index in [0.29, 0.717) is 22.6 Å². The highest BCUT2D eigenvalue weighted by Gasteiger charge is 2.19. The molecule has 0 atom stereocenters. The zero-order valence-electron chi connectivity index (χ0n) is 15.2. The van der Waals surface area contributed by atoms with Gasteiger partial charge in [-0.25, -0.2) is 4.98 Å². The van der Waals surface area contributed by atoms with Crippen LogP contribution in [0.2, 0.25) is 0 Å². The monoisotopic (exact) mass is 349 g/mol. The smallest absolute Gasteiger partial charge is 0.262 e. The van der Waals surface area contributed by atoms with Gasteiger partial charge in [-0.1, -0.05) is 24.3 Å². The fourth-order valence-electron chi connectivity index (χ4n) is 3.85. The number of methoxy groups -OCH3 is 1. The molecule has 1 fully saturated rings. The number of aromatic nitrogens is 2. The van der Waals surface area contributed by atoms with Crippen molar-refractivity contribution < 1.29 is 4.74 Å². The molecule has 134 valence electrons. The Bertz CT molecular complexity index is 971. The fraction of sp³-hybridized carbons (Fsp3) is 0.333.